The lowest BCUT2D eigenvalue weighted by molar-refractivity contribution is 0.337. The SMILES string of the molecule is Fc1ccccc1S.N=C/C(=C\N)c1cc2ccn(CC3CCNCC3)c2cn1. The number of allylic oxidation sites excluding steroid dienone is 1. The smallest absolute Gasteiger partial charge is 0.136 e. The van der Waals surface area contributed by atoms with Crippen LogP contribution < -0.4 is 11.1 Å². The van der Waals surface area contributed by atoms with E-state index in [1.807, 2.05) is 12.3 Å². The highest BCUT2D eigenvalue weighted by molar-refractivity contribution is 7.80. The van der Waals surface area contributed by atoms with E-state index in [1.165, 1.54) is 31.3 Å². The molecule has 0 unspecified atom stereocenters. The highest BCUT2D eigenvalue weighted by Gasteiger charge is 2.14. The molecule has 4 rings (SSSR count). The van der Waals surface area contributed by atoms with Gasteiger partial charge in [-0.1, -0.05) is 12.1 Å². The molecule has 5 nitrogen and oxygen atoms in total. The normalized spacial score (nSPS) is 15.0. The van der Waals surface area contributed by atoms with Gasteiger partial charge in [0.1, 0.15) is 5.82 Å². The van der Waals surface area contributed by atoms with Crippen LogP contribution >= 0.6 is 12.6 Å². The Bertz CT molecular complexity index is 971. The predicted octanol–water partition coefficient (Wildman–Crippen LogP) is 4.10. The second kappa shape index (κ2) is 10.2. The number of pyridine rings is 1. The van der Waals surface area contributed by atoms with E-state index in [1.54, 1.807) is 18.2 Å². The molecule has 1 saturated heterocycles. The fourth-order valence-electron chi connectivity index (χ4n) is 3.41. The number of nitrogens with two attached hydrogens (primary N) is 1. The minimum atomic E-state index is -0.268. The van der Waals surface area contributed by atoms with Gasteiger partial charge in [0.05, 0.1) is 17.4 Å². The van der Waals surface area contributed by atoms with Crippen molar-refractivity contribution in [2.45, 2.75) is 24.3 Å². The Kier molecular flexibility index (Phi) is 7.43. The van der Waals surface area contributed by atoms with Crippen LogP contribution in [0.2, 0.25) is 0 Å². The largest absolute Gasteiger partial charge is 0.404 e. The van der Waals surface area contributed by atoms with Gasteiger partial charge in [0.2, 0.25) is 0 Å². The maximum atomic E-state index is 12.2. The highest BCUT2D eigenvalue weighted by Crippen LogP contribution is 2.22. The maximum Gasteiger partial charge on any atom is 0.136 e. The first-order valence-corrected chi connectivity index (χ1v) is 10.1. The van der Waals surface area contributed by atoms with Crippen molar-refractivity contribution in [2.75, 3.05) is 13.1 Å². The number of benzene rings is 1. The number of halogens is 1. The zero-order valence-electron chi connectivity index (χ0n) is 16.2. The molecular weight excluding hydrogens is 385 g/mol. The Balaban J connectivity index is 0.000000252. The molecule has 7 heteroatoms. The molecule has 0 spiro atoms. The molecular formula is C22H26FN5S. The molecule has 2 aromatic heterocycles. The van der Waals surface area contributed by atoms with E-state index in [4.69, 9.17) is 11.1 Å². The zero-order chi connectivity index (χ0) is 20.6. The van der Waals surface area contributed by atoms with Gasteiger partial charge >= 0.3 is 0 Å². The molecule has 0 atom stereocenters. The van der Waals surface area contributed by atoms with Gasteiger partial charge < -0.3 is 21.0 Å². The number of thiol groups is 1. The molecule has 0 saturated carbocycles. The molecule has 0 aliphatic carbocycles. The molecule has 3 heterocycles. The molecule has 1 aliphatic heterocycles. The fourth-order valence-corrected chi connectivity index (χ4v) is 3.57. The van der Waals surface area contributed by atoms with Crippen LogP contribution in [0.3, 0.4) is 0 Å². The number of hydrogen-bond donors (Lipinski definition) is 4. The van der Waals surface area contributed by atoms with Gasteiger partial charge in [-0.15, -0.1) is 12.6 Å². The number of nitrogens with zero attached hydrogens (tertiary/aromatic N) is 2. The second-order valence-corrected chi connectivity index (χ2v) is 7.49. The van der Waals surface area contributed by atoms with E-state index >= 15 is 0 Å². The Morgan fingerprint density at radius 3 is 2.69 bits per heavy atom. The number of aromatic nitrogens is 2. The van der Waals surface area contributed by atoms with Gasteiger partial charge in [-0.2, -0.15) is 0 Å². The van der Waals surface area contributed by atoms with Gasteiger partial charge in [0.15, 0.2) is 0 Å². The lowest BCUT2D eigenvalue weighted by atomic mass is 9.98. The van der Waals surface area contributed by atoms with E-state index in [0.717, 1.165) is 42.1 Å². The number of hydrogen-bond acceptors (Lipinski definition) is 5. The molecule has 0 radical (unpaired) electrons. The molecule has 0 amide bonds. The minimum Gasteiger partial charge on any atom is -0.404 e. The first-order valence-electron chi connectivity index (χ1n) is 9.64. The van der Waals surface area contributed by atoms with Gasteiger partial charge in [0.25, 0.3) is 0 Å². The number of fused-ring (bicyclic) bond motifs is 1. The van der Waals surface area contributed by atoms with E-state index in [2.05, 4.69) is 39.8 Å². The Morgan fingerprint density at radius 2 is 2.07 bits per heavy atom. The summed E-state index contributed by atoms with van der Waals surface area (Å²) in [5, 5.41) is 11.9. The molecule has 0 bridgehead atoms. The Morgan fingerprint density at radius 1 is 1.31 bits per heavy atom. The molecule has 152 valence electrons. The highest BCUT2D eigenvalue weighted by atomic mass is 32.1. The summed E-state index contributed by atoms with van der Waals surface area (Å²) in [5.41, 5.74) is 8.07. The first kappa shape index (κ1) is 21.1. The molecule has 1 fully saturated rings. The van der Waals surface area contributed by atoms with Crippen LogP contribution in [0.15, 0.2) is 59.9 Å². The van der Waals surface area contributed by atoms with Gasteiger partial charge in [-0.3, -0.25) is 4.98 Å². The van der Waals surface area contributed by atoms with E-state index in [9.17, 15) is 4.39 Å². The summed E-state index contributed by atoms with van der Waals surface area (Å²) in [6.07, 6.45) is 9.15. The molecule has 1 aliphatic rings. The Labute approximate surface area is 175 Å². The molecule has 4 N–H and O–H groups in total. The summed E-state index contributed by atoms with van der Waals surface area (Å²) in [6.45, 7) is 3.29. The van der Waals surface area contributed by atoms with Crippen molar-refractivity contribution in [3.8, 4) is 0 Å². The third-order valence-corrected chi connectivity index (χ3v) is 5.42. The van der Waals surface area contributed by atoms with Gasteiger partial charge in [-0.05, 0) is 56.1 Å². The van der Waals surface area contributed by atoms with Crippen molar-refractivity contribution in [3.63, 3.8) is 0 Å². The predicted molar refractivity (Wildman–Crippen MR) is 120 cm³/mol. The lowest BCUT2D eigenvalue weighted by Gasteiger charge is -2.23. The summed E-state index contributed by atoms with van der Waals surface area (Å²) in [4.78, 5) is 4.84. The summed E-state index contributed by atoms with van der Waals surface area (Å²) < 4.78 is 14.5. The van der Waals surface area contributed by atoms with Crippen LogP contribution in [0.5, 0.6) is 0 Å². The summed E-state index contributed by atoms with van der Waals surface area (Å²) in [5.74, 6) is 0.471. The van der Waals surface area contributed by atoms with Crippen molar-refractivity contribution in [1.29, 1.82) is 5.41 Å². The van der Waals surface area contributed by atoms with Crippen LogP contribution in [0.1, 0.15) is 18.5 Å². The summed E-state index contributed by atoms with van der Waals surface area (Å²) in [7, 11) is 0. The molecule has 1 aromatic carbocycles. The second-order valence-electron chi connectivity index (χ2n) is 7.01. The number of nitrogens with one attached hydrogen (secondary N) is 2. The average Bonchev–Trinajstić information content (AvgIpc) is 3.14. The van der Waals surface area contributed by atoms with Crippen LogP contribution in [0.4, 0.5) is 4.39 Å². The Hall–Kier alpha value is -2.64. The van der Waals surface area contributed by atoms with Gasteiger partial charge in [-0.25, -0.2) is 4.39 Å². The third kappa shape index (κ3) is 5.46. The fraction of sp³-hybridized carbons (Fsp3) is 0.273. The maximum absolute atomic E-state index is 12.2. The monoisotopic (exact) mass is 411 g/mol. The van der Waals surface area contributed by atoms with Crippen molar-refractivity contribution in [1.82, 2.24) is 14.9 Å². The van der Waals surface area contributed by atoms with Crippen LogP contribution in [-0.4, -0.2) is 28.9 Å². The van der Waals surface area contributed by atoms with Gasteiger partial charge in [0, 0.05) is 41.0 Å². The number of piperidine rings is 1. The van der Waals surface area contributed by atoms with Crippen molar-refractivity contribution >= 4 is 35.3 Å². The summed E-state index contributed by atoms with van der Waals surface area (Å²) >= 11 is 3.82. The van der Waals surface area contributed by atoms with Crippen LogP contribution in [-0.2, 0) is 6.54 Å². The first-order chi connectivity index (χ1) is 14.1. The zero-order valence-corrected chi connectivity index (χ0v) is 17.1. The van der Waals surface area contributed by atoms with Crippen molar-refractivity contribution in [3.05, 3.63) is 66.5 Å². The van der Waals surface area contributed by atoms with E-state index < -0.39 is 0 Å². The summed E-state index contributed by atoms with van der Waals surface area (Å²) in [6, 6.07) is 10.5. The minimum absolute atomic E-state index is 0.268. The third-order valence-electron chi connectivity index (χ3n) is 5.05. The average molecular weight is 412 g/mol. The number of rotatable bonds is 4. The van der Waals surface area contributed by atoms with Crippen LogP contribution in [0, 0.1) is 17.1 Å². The standard InChI is InChI=1S/C16H21N5.C6H5FS/c17-8-14(9-18)15-7-13-3-6-21(16(13)10-20-15)11-12-1-4-19-5-2-12;7-5-3-1-2-4-6(5)8/h3,6-10,12,17,19H,1-2,4-5,11,18H2;1-4,8H/b14-9+,17-8?;. The van der Waals surface area contributed by atoms with Crippen molar-refractivity contribution in [2.24, 2.45) is 11.7 Å². The molecule has 29 heavy (non-hydrogen) atoms. The van der Waals surface area contributed by atoms with E-state index in [-0.39, 0.29) is 5.82 Å². The quantitative estimate of drug-likeness (QED) is 0.385. The van der Waals surface area contributed by atoms with E-state index in [0.29, 0.717) is 10.5 Å². The topological polar surface area (TPSA) is 79.7 Å². The molecule has 3 aromatic rings. The van der Waals surface area contributed by atoms with Crippen molar-refractivity contribution < 1.29 is 4.39 Å². The lowest BCUT2D eigenvalue weighted by Crippen LogP contribution is -2.29. The van der Waals surface area contributed by atoms with Crippen LogP contribution in [0.25, 0.3) is 16.5 Å².